The average molecular weight is 676 g/mol. The van der Waals surface area contributed by atoms with Gasteiger partial charge in [-0.1, -0.05) is 133 Å². The highest BCUT2D eigenvalue weighted by atomic mass is 16.3. The van der Waals surface area contributed by atoms with Gasteiger partial charge in [-0.15, -0.1) is 0 Å². The predicted molar refractivity (Wildman–Crippen MR) is 219 cm³/mol. The van der Waals surface area contributed by atoms with Gasteiger partial charge >= 0.3 is 0 Å². The molecule has 2 aromatic heterocycles. The van der Waals surface area contributed by atoms with Crippen LogP contribution in [0.4, 0.5) is 0 Å². The van der Waals surface area contributed by atoms with E-state index in [9.17, 15) is 0 Å². The van der Waals surface area contributed by atoms with Crippen molar-refractivity contribution in [3.05, 3.63) is 176 Å². The monoisotopic (exact) mass is 675 g/mol. The van der Waals surface area contributed by atoms with Gasteiger partial charge in [-0.2, -0.15) is 0 Å². The Balaban J connectivity index is 1.08. The lowest BCUT2D eigenvalue weighted by atomic mass is 9.96. The molecule has 0 radical (unpaired) electrons. The number of hydrogen-bond donors (Lipinski definition) is 0. The fourth-order valence-electron chi connectivity index (χ4n) is 7.71. The maximum Gasteiger partial charge on any atom is 0.164 e. The second-order valence-corrected chi connectivity index (χ2v) is 13.7. The second-order valence-electron chi connectivity index (χ2n) is 13.7. The number of fused-ring (bicyclic) bond motifs is 7. The number of nitrogens with zero attached hydrogens (tertiary/aromatic N) is 3. The molecule has 0 atom stereocenters. The zero-order valence-corrected chi connectivity index (χ0v) is 28.5. The third kappa shape index (κ3) is 5.03. The lowest BCUT2D eigenvalue weighted by molar-refractivity contribution is 0.669. The molecule has 0 aliphatic carbocycles. The molecule has 11 aromatic rings. The van der Waals surface area contributed by atoms with Crippen molar-refractivity contribution in [2.24, 2.45) is 0 Å². The Bertz CT molecular complexity index is 3250. The molecule has 0 N–H and O–H groups in total. The highest BCUT2D eigenvalue weighted by Gasteiger charge is 2.17. The van der Waals surface area contributed by atoms with E-state index in [1.165, 1.54) is 32.7 Å². The largest absolute Gasteiger partial charge is 0.456 e. The van der Waals surface area contributed by atoms with Crippen LogP contribution in [0.25, 0.3) is 110 Å². The van der Waals surface area contributed by atoms with Crippen LogP contribution in [-0.4, -0.2) is 15.0 Å². The van der Waals surface area contributed by atoms with Crippen LogP contribution < -0.4 is 0 Å². The third-order valence-corrected chi connectivity index (χ3v) is 10.4. The second kappa shape index (κ2) is 11.7. The smallest absolute Gasteiger partial charge is 0.164 e. The van der Waals surface area contributed by atoms with Gasteiger partial charge in [0.25, 0.3) is 0 Å². The summed E-state index contributed by atoms with van der Waals surface area (Å²) in [6.07, 6.45) is 0. The van der Waals surface area contributed by atoms with Gasteiger partial charge in [0.2, 0.25) is 0 Å². The normalized spacial score (nSPS) is 11.8. The molecule has 0 amide bonds. The molecule has 11 rings (SSSR count). The summed E-state index contributed by atoms with van der Waals surface area (Å²) in [6.45, 7) is 0. The summed E-state index contributed by atoms with van der Waals surface area (Å²) >= 11 is 0. The maximum atomic E-state index is 6.46. The van der Waals surface area contributed by atoms with Gasteiger partial charge in [0.15, 0.2) is 17.5 Å². The molecular formula is C49H29N3O. The Morgan fingerprint density at radius 1 is 0.283 bits per heavy atom. The topological polar surface area (TPSA) is 51.8 Å². The van der Waals surface area contributed by atoms with Crippen molar-refractivity contribution in [3.63, 3.8) is 0 Å². The molecule has 0 aliphatic rings. The van der Waals surface area contributed by atoms with Crippen LogP contribution >= 0.6 is 0 Å². The first-order chi connectivity index (χ1) is 26.2. The molecular weight excluding hydrogens is 647 g/mol. The number of aromatic nitrogens is 3. The van der Waals surface area contributed by atoms with Crippen LogP contribution in [0, 0.1) is 0 Å². The molecule has 2 heterocycles. The highest BCUT2D eigenvalue weighted by Crippen LogP contribution is 2.37. The molecule has 0 spiro atoms. The van der Waals surface area contributed by atoms with E-state index in [0.29, 0.717) is 17.5 Å². The maximum absolute atomic E-state index is 6.46. The fourth-order valence-corrected chi connectivity index (χ4v) is 7.71. The van der Waals surface area contributed by atoms with Crippen molar-refractivity contribution >= 4 is 65.0 Å². The molecule has 4 heteroatoms. The summed E-state index contributed by atoms with van der Waals surface area (Å²) in [5.74, 6) is 1.84. The summed E-state index contributed by atoms with van der Waals surface area (Å²) < 4.78 is 6.46. The lowest BCUT2D eigenvalue weighted by Crippen LogP contribution is -2.00. The van der Waals surface area contributed by atoms with Crippen molar-refractivity contribution in [2.75, 3.05) is 0 Å². The number of furan rings is 1. The van der Waals surface area contributed by atoms with Crippen LogP contribution in [0.15, 0.2) is 180 Å². The van der Waals surface area contributed by atoms with E-state index in [1.807, 2.05) is 0 Å². The van der Waals surface area contributed by atoms with Crippen molar-refractivity contribution in [2.45, 2.75) is 0 Å². The van der Waals surface area contributed by atoms with Crippen LogP contribution in [-0.2, 0) is 0 Å². The Hall–Kier alpha value is -7.17. The first-order valence-electron chi connectivity index (χ1n) is 17.8. The molecule has 0 saturated carbocycles. The minimum absolute atomic E-state index is 0.593. The lowest BCUT2D eigenvalue weighted by Gasteiger charge is -2.12. The number of rotatable bonds is 4. The Morgan fingerprint density at radius 3 is 1.47 bits per heavy atom. The third-order valence-electron chi connectivity index (χ3n) is 10.4. The van der Waals surface area contributed by atoms with E-state index >= 15 is 0 Å². The van der Waals surface area contributed by atoms with E-state index in [1.54, 1.807) is 0 Å². The van der Waals surface area contributed by atoms with Gasteiger partial charge in [-0.05, 0) is 96.7 Å². The molecule has 9 aromatic carbocycles. The summed E-state index contributed by atoms with van der Waals surface area (Å²) in [5.41, 5.74) is 6.77. The standard InChI is InChI=1S/C49H29N3O/c1-3-10-32-24-36(18-16-30(32)8-1)37-20-22-41-38(25-37)14-7-15-43(41)49-51-47(39-19-17-31-9-2-4-11-33(31)26-39)50-48(52-49)40-21-23-42-44-27-34-12-5-6-13-35(34)28-46(44)53-45(42)29-40/h1-29H. The number of benzene rings is 9. The van der Waals surface area contributed by atoms with Gasteiger partial charge in [0.1, 0.15) is 11.2 Å². The van der Waals surface area contributed by atoms with Crippen molar-refractivity contribution < 1.29 is 4.42 Å². The molecule has 246 valence electrons. The zero-order valence-electron chi connectivity index (χ0n) is 28.5. The molecule has 0 aliphatic heterocycles. The molecule has 4 nitrogen and oxygen atoms in total. The van der Waals surface area contributed by atoms with Gasteiger partial charge in [-0.25, -0.2) is 15.0 Å². The van der Waals surface area contributed by atoms with E-state index in [0.717, 1.165) is 60.2 Å². The molecule has 0 unspecified atom stereocenters. The first kappa shape index (κ1) is 29.5. The van der Waals surface area contributed by atoms with Crippen LogP contribution in [0.3, 0.4) is 0 Å². The molecule has 0 fully saturated rings. The SMILES string of the molecule is c1ccc2cc(-c3ccc4c(-c5nc(-c6ccc7ccccc7c6)nc(-c6ccc7c(c6)oc6cc8ccccc8cc67)n5)cccc4c3)ccc2c1. The first-order valence-corrected chi connectivity index (χ1v) is 17.8. The molecule has 0 bridgehead atoms. The molecule has 53 heavy (non-hydrogen) atoms. The van der Waals surface area contributed by atoms with Crippen molar-refractivity contribution in [1.82, 2.24) is 15.0 Å². The summed E-state index contributed by atoms with van der Waals surface area (Å²) in [7, 11) is 0. The Kier molecular flexibility index (Phi) is 6.52. The zero-order chi connectivity index (χ0) is 34.9. The Labute approximate surface area is 304 Å². The fraction of sp³-hybridized carbons (Fsp3) is 0. The van der Waals surface area contributed by atoms with Crippen LogP contribution in [0.1, 0.15) is 0 Å². The Morgan fingerprint density at radius 2 is 0.755 bits per heavy atom. The van der Waals surface area contributed by atoms with Gasteiger partial charge in [0.05, 0.1) is 0 Å². The van der Waals surface area contributed by atoms with Crippen LogP contribution in [0.5, 0.6) is 0 Å². The van der Waals surface area contributed by atoms with Gasteiger partial charge in [-0.3, -0.25) is 0 Å². The van der Waals surface area contributed by atoms with E-state index in [2.05, 4.69) is 176 Å². The summed E-state index contributed by atoms with van der Waals surface area (Å²) in [6, 6.07) is 61.9. The van der Waals surface area contributed by atoms with E-state index in [-0.39, 0.29) is 0 Å². The van der Waals surface area contributed by atoms with E-state index < -0.39 is 0 Å². The van der Waals surface area contributed by atoms with Gasteiger partial charge in [0, 0.05) is 27.5 Å². The van der Waals surface area contributed by atoms with Gasteiger partial charge < -0.3 is 4.42 Å². The number of hydrogen-bond acceptors (Lipinski definition) is 4. The van der Waals surface area contributed by atoms with Crippen molar-refractivity contribution in [3.8, 4) is 45.3 Å². The highest BCUT2D eigenvalue weighted by molar-refractivity contribution is 6.10. The minimum atomic E-state index is 0.593. The minimum Gasteiger partial charge on any atom is -0.456 e. The average Bonchev–Trinajstić information content (AvgIpc) is 3.58. The van der Waals surface area contributed by atoms with Crippen molar-refractivity contribution in [1.29, 1.82) is 0 Å². The van der Waals surface area contributed by atoms with E-state index in [4.69, 9.17) is 19.4 Å². The summed E-state index contributed by atoms with van der Waals surface area (Å²) in [5, 5.41) is 11.5. The summed E-state index contributed by atoms with van der Waals surface area (Å²) in [4.78, 5) is 15.4. The van der Waals surface area contributed by atoms with Crippen LogP contribution in [0.2, 0.25) is 0 Å². The predicted octanol–water partition coefficient (Wildman–Crippen LogP) is 13.1. The quantitative estimate of drug-likeness (QED) is 0.186. The molecule has 0 saturated heterocycles.